The normalized spacial score (nSPS) is 11.4. The third-order valence-electron chi connectivity index (χ3n) is 7.28. The van der Waals surface area contributed by atoms with E-state index in [2.05, 4.69) is 22.9 Å². The van der Waals surface area contributed by atoms with Gasteiger partial charge < -0.3 is 39.6 Å². The highest BCUT2D eigenvalue weighted by atomic mass is 16.6. The lowest BCUT2D eigenvalue weighted by atomic mass is 10.0. The second-order valence-electron chi connectivity index (χ2n) is 13.0. The van der Waals surface area contributed by atoms with Crippen molar-refractivity contribution in [1.29, 1.82) is 0 Å². The minimum absolute atomic E-state index is 0.0960. The summed E-state index contributed by atoms with van der Waals surface area (Å²) in [5, 5.41) is 8.31. The highest BCUT2D eigenvalue weighted by Gasteiger charge is 2.15. The molecule has 0 unspecified atom stereocenters. The number of hydrogen-bond donors (Lipinski definition) is 3. The van der Waals surface area contributed by atoms with E-state index in [1.165, 1.54) is 83.5 Å². The Hall–Kier alpha value is -1.95. The van der Waals surface area contributed by atoms with E-state index < -0.39 is 11.7 Å². The summed E-state index contributed by atoms with van der Waals surface area (Å²) in [5.74, 6) is -0.00822. The van der Waals surface area contributed by atoms with Gasteiger partial charge in [0.15, 0.2) is 0 Å². The molecule has 0 aromatic carbocycles. The molecule has 0 aromatic rings. The molecule has 0 fully saturated rings. The van der Waals surface area contributed by atoms with Crippen LogP contribution < -0.4 is 16.0 Å². The molecule has 0 spiro atoms. The van der Waals surface area contributed by atoms with E-state index in [9.17, 15) is 14.4 Å². The van der Waals surface area contributed by atoms with Crippen molar-refractivity contribution in [3.63, 3.8) is 0 Å². The molecule has 0 rings (SSSR count). The van der Waals surface area contributed by atoms with E-state index in [0.29, 0.717) is 78.9 Å². The molecule has 3 amide bonds. The molecule has 0 radical (unpaired) electrons. The molecule has 0 aliphatic heterocycles. The molecule has 3 N–H and O–H groups in total. The summed E-state index contributed by atoms with van der Waals surface area (Å²) in [6.07, 6.45) is 20.2. The van der Waals surface area contributed by atoms with E-state index in [0.717, 1.165) is 12.8 Å². The predicted octanol–water partition coefficient (Wildman–Crippen LogP) is 6.46. The summed E-state index contributed by atoms with van der Waals surface area (Å²) in [5.41, 5.74) is -0.528. The molecule has 0 saturated carbocycles. The Morgan fingerprint density at radius 3 is 1.23 bits per heavy atom. The van der Waals surface area contributed by atoms with Gasteiger partial charge in [-0.2, -0.15) is 0 Å². The predicted molar refractivity (Wildman–Crippen MR) is 188 cm³/mol. The number of amides is 3. The first-order valence-corrected chi connectivity index (χ1v) is 18.6. The highest BCUT2D eigenvalue weighted by Crippen LogP contribution is 2.13. The molecular weight excluding hydrogens is 602 g/mol. The van der Waals surface area contributed by atoms with Crippen molar-refractivity contribution in [3.05, 3.63) is 0 Å². The maximum Gasteiger partial charge on any atom is 0.407 e. The van der Waals surface area contributed by atoms with Gasteiger partial charge in [-0.05, 0) is 27.2 Å². The SMILES string of the molecule is CCCCCCCCCCCCCCCCCC(=O)NCCOCCOCCNC(=O)CCOCCOCCNC(=O)OC(C)(C)C. The van der Waals surface area contributed by atoms with Crippen molar-refractivity contribution >= 4 is 17.9 Å². The Morgan fingerprint density at radius 2 is 0.809 bits per heavy atom. The third kappa shape index (κ3) is 38.4. The average Bonchev–Trinajstić information content (AvgIpc) is 3.02. The van der Waals surface area contributed by atoms with Crippen LogP contribution in [0.2, 0.25) is 0 Å². The summed E-state index contributed by atoms with van der Waals surface area (Å²) in [7, 11) is 0. The Bertz CT molecular complexity index is 734. The number of rotatable bonds is 34. The number of nitrogens with one attached hydrogen (secondary N) is 3. The zero-order valence-electron chi connectivity index (χ0n) is 30.6. The fourth-order valence-corrected chi connectivity index (χ4v) is 4.71. The summed E-state index contributed by atoms with van der Waals surface area (Å²) >= 11 is 0. The second-order valence-corrected chi connectivity index (χ2v) is 13.0. The minimum Gasteiger partial charge on any atom is -0.444 e. The van der Waals surface area contributed by atoms with Gasteiger partial charge >= 0.3 is 6.09 Å². The molecule has 0 aliphatic carbocycles. The molecule has 11 nitrogen and oxygen atoms in total. The van der Waals surface area contributed by atoms with Crippen LogP contribution in [0.4, 0.5) is 4.79 Å². The summed E-state index contributed by atoms with van der Waals surface area (Å²) in [6.45, 7) is 12.1. The highest BCUT2D eigenvalue weighted by molar-refractivity contribution is 5.76. The maximum atomic E-state index is 12.0. The Kier molecular flexibility index (Phi) is 32.5. The monoisotopic (exact) mass is 674 g/mol. The lowest BCUT2D eigenvalue weighted by Crippen LogP contribution is -2.34. The largest absolute Gasteiger partial charge is 0.444 e. The number of ether oxygens (including phenoxy) is 5. The van der Waals surface area contributed by atoms with Gasteiger partial charge in [-0.25, -0.2) is 4.79 Å². The molecule has 0 saturated heterocycles. The van der Waals surface area contributed by atoms with Crippen molar-refractivity contribution in [2.45, 2.75) is 142 Å². The number of unbranched alkanes of at least 4 members (excludes halogenated alkanes) is 14. The average molecular weight is 674 g/mol. The molecule has 0 heterocycles. The lowest BCUT2D eigenvalue weighted by molar-refractivity contribution is -0.123. The molecule has 278 valence electrons. The van der Waals surface area contributed by atoms with Crippen LogP contribution in [0.25, 0.3) is 0 Å². The number of carbonyl (C=O) groups excluding carboxylic acids is 3. The Labute approximate surface area is 286 Å². The summed E-state index contributed by atoms with van der Waals surface area (Å²) in [4.78, 5) is 35.3. The van der Waals surface area contributed by atoms with Gasteiger partial charge in [0.1, 0.15) is 5.60 Å². The van der Waals surface area contributed by atoms with Crippen molar-refractivity contribution in [3.8, 4) is 0 Å². The molecule has 0 atom stereocenters. The molecule has 47 heavy (non-hydrogen) atoms. The van der Waals surface area contributed by atoms with E-state index in [1.807, 2.05) is 0 Å². The van der Waals surface area contributed by atoms with Gasteiger partial charge in [-0.1, -0.05) is 96.8 Å². The first-order valence-electron chi connectivity index (χ1n) is 18.6. The van der Waals surface area contributed by atoms with E-state index in [4.69, 9.17) is 23.7 Å². The number of alkyl carbamates (subject to hydrolysis) is 1. The van der Waals surface area contributed by atoms with Gasteiger partial charge in [0.25, 0.3) is 0 Å². The van der Waals surface area contributed by atoms with Gasteiger partial charge in [0.05, 0.1) is 52.9 Å². The molecule has 0 aromatic heterocycles. The zero-order valence-corrected chi connectivity index (χ0v) is 30.6. The van der Waals surface area contributed by atoms with Crippen LogP contribution in [0.3, 0.4) is 0 Å². The van der Waals surface area contributed by atoms with E-state index in [1.54, 1.807) is 20.8 Å². The van der Waals surface area contributed by atoms with Gasteiger partial charge in [0.2, 0.25) is 11.8 Å². The van der Waals surface area contributed by atoms with Gasteiger partial charge in [-0.3, -0.25) is 9.59 Å². The Balaban J connectivity index is 3.29. The fraction of sp³-hybridized carbons (Fsp3) is 0.917. The topological polar surface area (TPSA) is 133 Å². The van der Waals surface area contributed by atoms with Gasteiger partial charge in [0, 0.05) is 32.5 Å². The standard InChI is InChI=1S/C36H71N3O8/c1-5-6-7-8-9-10-11-12-13-14-15-16-17-18-19-20-33(40)37-22-26-44-31-32-45-27-23-38-34(41)21-25-43-29-30-46-28-24-39-35(42)47-36(2,3)4/h5-32H2,1-4H3,(H,37,40)(H,38,41)(H,39,42). The van der Waals surface area contributed by atoms with Crippen molar-refractivity contribution in [1.82, 2.24) is 16.0 Å². The summed E-state index contributed by atoms with van der Waals surface area (Å²) < 4.78 is 26.9. The van der Waals surface area contributed by atoms with Gasteiger partial charge in [-0.15, -0.1) is 0 Å². The quantitative estimate of drug-likeness (QED) is 0.0663. The first kappa shape index (κ1) is 45.0. The van der Waals surface area contributed by atoms with Crippen LogP contribution >= 0.6 is 0 Å². The number of carbonyl (C=O) groups is 3. The van der Waals surface area contributed by atoms with Crippen molar-refractivity contribution in [2.75, 3.05) is 72.5 Å². The molecule has 11 heteroatoms. The van der Waals surface area contributed by atoms with E-state index in [-0.39, 0.29) is 18.2 Å². The first-order chi connectivity index (χ1) is 22.7. The van der Waals surface area contributed by atoms with Crippen molar-refractivity contribution in [2.24, 2.45) is 0 Å². The fourth-order valence-electron chi connectivity index (χ4n) is 4.71. The van der Waals surface area contributed by atoms with Crippen LogP contribution in [-0.2, 0) is 33.3 Å². The van der Waals surface area contributed by atoms with Crippen LogP contribution in [0.5, 0.6) is 0 Å². The third-order valence-corrected chi connectivity index (χ3v) is 7.28. The van der Waals surface area contributed by atoms with Crippen LogP contribution in [-0.4, -0.2) is 96.0 Å². The minimum atomic E-state index is -0.528. The molecule has 0 aliphatic rings. The molecule has 0 bridgehead atoms. The Morgan fingerprint density at radius 1 is 0.447 bits per heavy atom. The van der Waals surface area contributed by atoms with Crippen molar-refractivity contribution < 1.29 is 38.1 Å². The van der Waals surface area contributed by atoms with Crippen LogP contribution in [0, 0.1) is 0 Å². The molecular formula is C36H71N3O8. The van der Waals surface area contributed by atoms with Crippen LogP contribution in [0.1, 0.15) is 137 Å². The van der Waals surface area contributed by atoms with Crippen LogP contribution in [0.15, 0.2) is 0 Å². The lowest BCUT2D eigenvalue weighted by Gasteiger charge is -2.19. The maximum absolute atomic E-state index is 12.0. The summed E-state index contributed by atoms with van der Waals surface area (Å²) in [6, 6.07) is 0. The smallest absolute Gasteiger partial charge is 0.407 e. The van der Waals surface area contributed by atoms with E-state index >= 15 is 0 Å². The number of hydrogen-bond acceptors (Lipinski definition) is 8. The second kappa shape index (κ2) is 33.9. The zero-order chi connectivity index (χ0) is 34.7.